The minimum atomic E-state index is -3.81. The third-order valence-electron chi connectivity index (χ3n) is 5.21. The number of benzene rings is 3. The summed E-state index contributed by atoms with van der Waals surface area (Å²) in [7, 11) is -0.712. The van der Waals surface area contributed by atoms with Crippen LogP contribution in [0.5, 0.6) is 17.2 Å². The molecule has 35 heavy (non-hydrogen) atoms. The quantitative estimate of drug-likeness (QED) is 0.402. The molecule has 3 aromatic rings. The molecule has 1 unspecified atom stereocenters. The number of aryl methyl sites for hydroxylation is 1. The topological polar surface area (TPSA) is 103 Å². The molecule has 2 N–H and O–H groups in total. The summed E-state index contributed by atoms with van der Waals surface area (Å²) in [4.78, 5) is 12.4. The van der Waals surface area contributed by atoms with Gasteiger partial charge in [-0.2, -0.15) is 0 Å². The Morgan fingerprint density at radius 3 is 2.29 bits per heavy atom. The lowest BCUT2D eigenvalue weighted by Crippen LogP contribution is -2.31. The molecular formula is C25H27ClN2O6S. The summed E-state index contributed by atoms with van der Waals surface area (Å²) in [5, 5.41) is 3.32. The summed E-state index contributed by atoms with van der Waals surface area (Å²) in [5.41, 5.74) is 2.05. The van der Waals surface area contributed by atoms with Gasteiger partial charge in [-0.15, -0.1) is 0 Å². The van der Waals surface area contributed by atoms with Crippen LogP contribution in [0.4, 0.5) is 5.69 Å². The number of methoxy groups -OCH3 is 2. The zero-order chi connectivity index (χ0) is 25.6. The van der Waals surface area contributed by atoms with E-state index < -0.39 is 10.0 Å². The molecule has 0 radical (unpaired) electrons. The first kappa shape index (κ1) is 26.2. The van der Waals surface area contributed by atoms with Crippen LogP contribution in [0.1, 0.15) is 24.1 Å². The predicted molar refractivity (Wildman–Crippen MR) is 135 cm³/mol. The van der Waals surface area contributed by atoms with Crippen molar-refractivity contribution in [3.05, 3.63) is 76.8 Å². The van der Waals surface area contributed by atoms with E-state index in [0.717, 1.165) is 11.1 Å². The molecule has 3 aromatic carbocycles. The maximum absolute atomic E-state index is 12.6. The Bertz CT molecular complexity index is 1300. The van der Waals surface area contributed by atoms with Gasteiger partial charge in [-0.3, -0.25) is 9.52 Å². The van der Waals surface area contributed by atoms with Crippen molar-refractivity contribution in [3.8, 4) is 17.2 Å². The summed E-state index contributed by atoms with van der Waals surface area (Å²) in [6.45, 7) is 3.44. The number of carbonyl (C=O) groups is 1. The van der Waals surface area contributed by atoms with E-state index >= 15 is 0 Å². The summed E-state index contributed by atoms with van der Waals surface area (Å²) in [6.07, 6.45) is 0. The van der Waals surface area contributed by atoms with Crippen molar-refractivity contribution in [2.24, 2.45) is 0 Å². The van der Waals surface area contributed by atoms with Gasteiger partial charge in [0.05, 0.1) is 30.8 Å². The van der Waals surface area contributed by atoms with Crippen molar-refractivity contribution in [1.82, 2.24) is 5.32 Å². The number of nitrogens with one attached hydrogen (secondary N) is 2. The Morgan fingerprint density at radius 1 is 0.971 bits per heavy atom. The van der Waals surface area contributed by atoms with E-state index in [1.807, 2.05) is 19.9 Å². The molecular weight excluding hydrogens is 492 g/mol. The average Bonchev–Trinajstić information content (AvgIpc) is 2.84. The maximum atomic E-state index is 12.6. The van der Waals surface area contributed by atoms with Gasteiger partial charge < -0.3 is 19.5 Å². The van der Waals surface area contributed by atoms with Crippen molar-refractivity contribution in [2.45, 2.75) is 24.8 Å². The normalized spacial score (nSPS) is 11.9. The lowest BCUT2D eigenvalue weighted by molar-refractivity contribution is -0.123. The number of ether oxygens (including phenoxy) is 3. The molecule has 0 aliphatic rings. The number of hydrogen-bond donors (Lipinski definition) is 2. The number of amides is 1. The largest absolute Gasteiger partial charge is 0.493 e. The third kappa shape index (κ3) is 6.80. The van der Waals surface area contributed by atoms with Gasteiger partial charge in [0.1, 0.15) is 5.75 Å². The first-order chi connectivity index (χ1) is 16.6. The number of hydrogen-bond acceptors (Lipinski definition) is 6. The lowest BCUT2D eigenvalue weighted by atomic mass is 10.1. The number of sulfonamides is 1. The number of carbonyl (C=O) groups excluding carboxylic acids is 1. The van der Waals surface area contributed by atoms with Crippen molar-refractivity contribution < 1.29 is 27.4 Å². The second kappa shape index (κ2) is 11.3. The summed E-state index contributed by atoms with van der Waals surface area (Å²) < 4.78 is 43.8. The van der Waals surface area contributed by atoms with Gasteiger partial charge in [0.15, 0.2) is 18.1 Å². The summed E-state index contributed by atoms with van der Waals surface area (Å²) in [5.74, 6) is 1.19. The second-order valence-electron chi connectivity index (χ2n) is 7.73. The minimum Gasteiger partial charge on any atom is -0.493 e. The standard InChI is InChI=1S/C25H27ClN2O6S/c1-16-5-7-19(14-22(16)26)28-35(30,31)21-10-8-20(9-11-21)34-15-25(29)27-17(2)18-6-12-23(32-3)24(13-18)33-4/h5-14,17,28H,15H2,1-4H3,(H,27,29). The highest BCUT2D eigenvalue weighted by Gasteiger charge is 2.16. The van der Waals surface area contributed by atoms with Gasteiger partial charge >= 0.3 is 0 Å². The molecule has 10 heteroatoms. The second-order valence-corrected chi connectivity index (χ2v) is 9.82. The van der Waals surface area contributed by atoms with E-state index in [0.29, 0.717) is 28.0 Å². The molecule has 0 aliphatic heterocycles. The van der Waals surface area contributed by atoms with E-state index in [4.69, 9.17) is 25.8 Å². The highest BCUT2D eigenvalue weighted by atomic mass is 35.5. The van der Waals surface area contributed by atoms with E-state index in [-0.39, 0.29) is 23.5 Å². The highest BCUT2D eigenvalue weighted by Crippen LogP contribution is 2.30. The van der Waals surface area contributed by atoms with Crippen LogP contribution in [0.3, 0.4) is 0 Å². The number of anilines is 1. The third-order valence-corrected chi connectivity index (χ3v) is 7.02. The van der Waals surface area contributed by atoms with Crippen LogP contribution < -0.4 is 24.2 Å². The fourth-order valence-corrected chi connectivity index (χ4v) is 4.45. The van der Waals surface area contributed by atoms with E-state index in [2.05, 4.69) is 10.0 Å². The van der Waals surface area contributed by atoms with Crippen LogP contribution in [-0.4, -0.2) is 35.2 Å². The molecule has 0 saturated heterocycles. The van der Waals surface area contributed by atoms with Gasteiger partial charge in [-0.1, -0.05) is 23.7 Å². The molecule has 0 fully saturated rings. The Hall–Kier alpha value is -3.43. The van der Waals surface area contributed by atoms with E-state index in [1.165, 1.54) is 24.3 Å². The van der Waals surface area contributed by atoms with Gasteiger partial charge in [0, 0.05) is 5.02 Å². The number of halogens is 1. The Kier molecular flexibility index (Phi) is 8.48. The van der Waals surface area contributed by atoms with Crippen molar-refractivity contribution in [3.63, 3.8) is 0 Å². The SMILES string of the molecule is COc1ccc(C(C)NC(=O)COc2ccc(S(=O)(=O)Nc3ccc(C)c(Cl)c3)cc2)cc1OC. The predicted octanol–water partition coefficient (Wildman–Crippen LogP) is 4.72. The zero-order valence-corrected chi connectivity index (χ0v) is 21.4. The highest BCUT2D eigenvalue weighted by molar-refractivity contribution is 7.92. The molecule has 0 heterocycles. The van der Waals surface area contributed by atoms with E-state index in [1.54, 1.807) is 44.6 Å². The Morgan fingerprint density at radius 2 is 1.66 bits per heavy atom. The molecule has 3 rings (SSSR count). The Labute approximate surface area is 210 Å². The maximum Gasteiger partial charge on any atom is 0.261 e. The number of rotatable bonds is 10. The lowest BCUT2D eigenvalue weighted by Gasteiger charge is -2.17. The van der Waals surface area contributed by atoms with Crippen LogP contribution in [-0.2, 0) is 14.8 Å². The fourth-order valence-electron chi connectivity index (χ4n) is 3.22. The molecule has 0 bridgehead atoms. The molecule has 1 amide bonds. The molecule has 1 atom stereocenters. The Balaban J connectivity index is 1.56. The summed E-state index contributed by atoms with van der Waals surface area (Å²) in [6, 6.07) is 15.8. The van der Waals surface area contributed by atoms with Crippen LogP contribution in [0.25, 0.3) is 0 Å². The smallest absolute Gasteiger partial charge is 0.261 e. The average molecular weight is 519 g/mol. The van der Waals surface area contributed by atoms with Crippen molar-refractivity contribution in [1.29, 1.82) is 0 Å². The van der Waals surface area contributed by atoms with E-state index in [9.17, 15) is 13.2 Å². The van der Waals surface area contributed by atoms with Crippen molar-refractivity contribution >= 4 is 33.2 Å². The van der Waals surface area contributed by atoms with Crippen LogP contribution in [0, 0.1) is 6.92 Å². The van der Waals surface area contributed by atoms with Gasteiger partial charge in [0.2, 0.25) is 0 Å². The van der Waals surface area contributed by atoms with Crippen LogP contribution >= 0.6 is 11.6 Å². The van der Waals surface area contributed by atoms with Gasteiger partial charge in [-0.25, -0.2) is 8.42 Å². The molecule has 186 valence electrons. The molecule has 0 aliphatic carbocycles. The first-order valence-electron chi connectivity index (χ1n) is 10.7. The first-order valence-corrected chi connectivity index (χ1v) is 12.5. The fraction of sp³-hybridized carbons (Fsp3) is 0.240. The molecule has 0 aromatic heterocycles. The zero-order valence-electron chi connectivity index (χ0n) is 19.8. The van der Waals surface area contributed by atoms with Crippen LogP contribution in [0.2, 0.25) is 5.02 Å². The monoisotopic (exact) mass is 518 g/mol. The molecule has 0 saturated carbocycles. The van der Waals surface area contributed by atoms with Crippen molar-refractivity contribution in [2.75, 3.05) is 25.5 Å². The molecule has 8 nitrogen and oxygen atoms in total. The minimum absolute atomic E-state index is 0.0491. The van der Waals surface area contributed by atoms with Gasteiger partial charge in [-0.05, 0) is 73.5 Å². The van der Waals surface area contributed by atoms with Crippen LogP contribution in [0.15, 0.2) is 65.6 Å². The summed E-state index contributed by atoms with van der Waals surface area (Å²) >= 11 is 6.07. The molecule has 0 spiro atoms. The van der Waals surface area contributed by atoms with Gasteiger partial charge in [0.25, 0.3) is 15.9 Å².